The predicted octanol–water partition coefficient (Wildman–Crippen LogP) is 1.80. The van der Waals surface area contributed by atoms with Gasteiger partial charge < -0.3 is 15.4 Å². The Bertz CT molecular complexity index is 477. The molecule has 112 valence electrons. The largest absolute Gasteiger partial charge is 0.496 e. The Morgan fingerprint density at radius 2 is 2.05 bits per heavy atom. The minimum atomic E-state index is -4.59. The molecule has 0 atom stereocenters. The molecule has 20 heavy (non-hydrogen) atoms. The summed E-state index contributed by atoms with van der Waals surface area (Å²) >= 11 is 0. The van der Waals surface area contributed by atoms with Gasteiger partial charge in [0.2, 0.25) is 0 Å². The van der Waals surface area contributed by atoms with E-state index in [0.717, 1.165) is 6.07 Å². The van der Waals surface area contributed by atoms with E-state index in [1.807, 2.05) is 0 Å². The summed E-state index contributed by atoms with van der Waals surface area (Å²) in [6.07, 6.45) is -4.59. The standard InChI is InChI=1S/C12H14F4N2O2/c1-20-9-4-2-3-8(13)10(9)11(19)18(6-5-17)7-12(14,15)16/h2-4H,5-7,17H2,1H3. The zero-order valence-corrected chi connectivity index (χ0v) is 10.7. The van der Waals surface area contributed by atoms with Crippen LogP contribution in [0.3, 0.4) is 0 Å². The Hall–Kier alpha value is -1.83. The molecule has 0 heterocycles. The summed E-state index contributed by atoms with van der Waals surface area (Å²) in [6, 6.07) is 3.57. The molecule has 0 bridgehead atoms. The molecule has 0 radical (unpaired) electrons. The van der Waals surface area contributed by atoms with E-state index in [2.05, 4.69) is 0 Å². The fraction of sp³-hybridized carbons (Fsp3) is 0.417. The van der Waals surface area contributed by atoms with Crippen LogP contribution in [0.1, 0.15) is 10.4 Å². The molecular weight excluding hydrogens is 280 g/mol. The van der Waals surface area contributed by atoms with Gasteiger partial charge in [0, 0.05) is 13.1 Å². The number of ether oxygens (including phenoxy) is 1. The van der Waals surface area contributed by atoms with Crippen molar-refractivity contribution in [1.82, 2.24) is 4.90 Å². The first-order valence-electron chi connectivity index (χ1n) is 5.68. The average molecular weight is 294 g/mol. The molecule has 0 fully saturated rings. The Morgan fingerprint density at radius 3 is 2.55 bits per heavy atom. The van der Waals surface area contributed by atoms with Gasteiger partial charge in [0.15, 0.2) is 0 Å². The van der Waals surface area contributed by atoms with Gasteiger partial charge in [-0.2, -0.15) is 13.2 Å². The minimum absolute atomic E-state index is 0.126. The van der Waals surface area contributed by atoms with Gasteiger partial charge in [0.1, 0.15) is 23.7 Å². The summed E-state index contributed by atoms with van der Waals surface area (Å²) in [5.74, 6) is -2.18. The molecule has 0 aliphatic rings. The van der Waals surface area contributed by atoms with Crippen LogP contribution < -0.4 is 10.5 Å². The van der Waals surface area contributed by atoms with Crippen molar-refractivity contribution < 1.29 is 27.1 Å². The monoisotopic (exact) mass is 294 g/mol. The molecule has 8 heteroatoms. The number of hydrogen-bond donors (Lipinski definition) is 1. The van der Waals surface area contributed by atoms with E-state index in [9.17, 15) is 22.4 Å². The summed E-state index contributed by atoms with van der Waals surface area (Å²) < 4.78 is 55.8. The lowest BCUT2D eigenvalue weighted by molar-refractivity contribution is -0.140. The van der Waals surface area contributed by atoms with Crippen LogP contribution in [0.15, 0.2) is 18.2 Å². The van der Waals surface area contributed by atoms with Gasteiger partial charge in [-0.25, -0.2) is 4.39 Å². The summed E-state index contributed by atoms with van der Waals surface area (Å²) in [4.78, 5) is 12.5. The maximum absolute atomic E-state index is 13.7. The highest BCUT2D eigenvalue weighted by Crippen LogP contribution is 2.25. The molecule has 0 aromatic heterocycles. The molecule has 0 aliphatic carbocycles. The van der Waals surface area contributed by atoms with E-state index in [1.165, 1.54) is 19.2 Å². The smallest absolute Gasteiger partial charge is 0.406 e. The van der Waals surface area contributed by atoms with Gasteiger partial charge in [-0.15, -0.1) is 0 Å². The summed E-state index contributed by atoms with van der Waals surface area (Å²) in [5, 5.41) is 0. The maximum atomic E-state index is 13.7. The number of carbonyl (C=O) groups excluding carboxylic acids is 1. The highest BCUT2D eigenvalue weighted by Gasteiger charge is 2.34. The van der Waals surface area contributed by atoms with E-state index in [1.54, 1.807) is 0 Å². The van der Waals surface area contributed by atoms with Crippen molar-refractivity contribution >= 4 is 5.91 Å². The second-order valence-electron chi connectivity index (χ2n) is 3.95. The fourth-order valence-electron chi connectivity index (χ4n) is 1.66. The number of carbonyl (C=O) groups is 1. The van der Waals surface area contributed by atoms with Crippen molar-refractivity contribution in [3.63, 3.8) is 0 Å². The number of hydrogen-bond acceptors (Lipinski definition) is 3. The molecule has 4 nitrogen and oxygen atoms in total. The second-order valence-corrected chi connectivity index (χ2v) is 3.95. The number of amides is 1. The summed E-state index contributed by atoms with van der Waals surface area (Å²) in [5.41, 5.74) is 4.65. The second kappa shape index (κ2) is 6.56. The number of rotatable bonds is 5. The Balaban J connectivity index is 3.12. The van der Waals surface area contributed by atoms with Crippen molar-refractivity contribution in [2.45, 2.75) is 6.18 Å². The Morgan fingerprint density at radius 1 is 1.40 bits per heavy atom. The van der Waals surface area contributed by atoms with Gasteiger partial charge in [-0.05, 0) is 12.1 Å². The maximum Gasteiger partial charge on any atom is 0.406 e. The minimum Gasteiger partial charge on any atom is -0.496 e. The van der Waals surface area contributed by atoms with E-state index < -0.39 is 30.0 Å². The van der Waals surface area contributed by atoms with E-state index >= 15 is 0 Å². The normalized spacial score (nSPS) is 11.3. The van der Waals surface area contributed by atoms with Crippen LogP contribution in [0.2, 0.25) is 0 Å². The molecule has 0 saturated carbocycles. The first-order valence-corrected chi connectivity index (χ1v) is 5.68. The first-order chi connectivity index (χ1) is 9.30. The van der Waals surface area contributed by atoms with Gasteiger partial charge in [-0.3, -0.25) is 4.79 Å². The number of halogens is 4. The Kier molecular flexibility index (Phi) is 5.32. The molecule has 1 aromatic carbocycles. The zero-order valence-electron chi connectivity index (χ0n) is 10.7. The van der Waals surface area contributed by atoms with E-state index in [4.69, 9.17) is 10.5 Å². The molecule has 0 spiro atoms. The molecule has 1 rings (SSSR count). The molecule has 1 aromatic rings. The molecule has 2 N–H and O–H groups in total. The average Bonchev–Trinajstić information content (AvgIpc) is 2.35. The number of nitrogens with zero attached hydrogens (tertiary/aromatic N) is 1. The quantitative estimate of drug-likeness (QED) is 0.842. The van der Waals surface area contributed by atoms with Crippen LogP contribution >= 0.6 is 0 Å². The van der Waals surface area contributed by atoms with E-state index in [-0.39, 0.29) is 18.8 Å². The van der Waals surface area contributed by atoms with Gasteiger partial charge in [-0.1, -0.05) is 6.07 Å². The van der Waals surface area contributed by atoms with Gasteiger partial charge >= 0.3 is 6.18 Å². The van der Waals surface area contributed by atoms with Crippen molar-refractivity contribution in [2.75, 3.05) is 26.7 Å². The lowest BCUT2D eigenvalue weighted by Gasteiger charge is -2.24. The zero-order chi connectivity index (χ0) is 15.3. The fourth-order valence-corrected chi connectivity index (χ4v) is 1.66. The van der Waals surface area contributed by atoms with E-state index in [0.29, 0.717) is 4.90 Å². The number of alkyl halides is 3. The molecule has 1 amide bonds. The van der Waals surface area contributed by atoms with Gasteiger partial charge in [0.05, 0.1) is 7.11 Å². The van der Waals surface area contributed by atoms with Crippen molar-refractivity contribution in [1.29, 1.82) is 0 Å². The highest BCUT2D eigenvalue weighted by molar-refractivity contribution is 5.97. The Labute approximate surface area is 113 Å². The molecule has 0 saturated heterocycles. The lowest BCUT2D eigenvalue weighted by Crippen LogP contribution is -2.42. The number of methoxy groups -OCH3 is 1. The van der Waals surface area contributed by atoms with Crippen LogP contribution in [-0.2, 0) is 0 Å². The summed E-state index contributed by atoms with van der Waals surface area (Å²) in [7, 11) is 1.20. The molecule has 0 aliphatic heterocycles. The SMILES string of the molecule is COc1cccc(F)c1C(=O)N(CCN)CC(F)(F)F. The third kappa shape index (κ3) is 4.09. The highest BCUT2D eigenvalue weighted by atomic mass is 19.4. The van der Waals surface area contributed by atoms with Crippen LogP contribution in [-0.4, -0.2) is 43.7 Å². The van der Waals surface area contributed by atoms with Gasteiger partial charge in [0.25, 0.3) is 5.91 Å². The third-order valence-corrected chi connectivity index (χ3v) is 2.47. The van der Waals surface area contributed by atoms with Crippen molar-refractivity contribution in [3.8, 4) is 5.75 Å². The molecular formula is C12H14F4N2O2. The van der Waals surface area contributed by atoms with Crippen molar-refractivity contribution in [2.24, 2.45) is 5.73 Å². The molecule has 0 unspecified atom stereocenters. The number of nitrogens with two attached hydrogens (primary N) is 1. The topological polar surface area (TPSA) is 55.6 Å². The third-order valence-electron chi connectivity index (χ3n) is 2.47. The first kappa shape index (κ1) is 16.2. The van der Waals surface area contributed by atoms with Crippen LogP contribution in [0.4, 0.5) is 17.6 Å². The van der Waals surface area contributed by atoms with Crippen molar-refractivity contribution in [3.05, 3.63) is 29.6 Å². The number of benzene rings is 1. The van der Waals surface area contributed by atoms with Crippen LogP contribution in [0.25, 0.3) is 0 Å². The van der Waals surface area contributed by atoms with Crippen LogP contribution in [0.5, 0.6) is 5.75 Å². The summed E-state index contributed by atoms with van der Waals surface area (Å²) in [6.45, 7) is -2.01. The predicted molar refractivity (Wildman–Crippen MR) is 64.0 cm³/mol. The van der Waals surface area contributed by atoms with Crippen LogP contribution in [0, 0.1) is 5.82 Å². The lowest BCUT2D eigenvalue weighted by atomic mass is 10.1.